The van der Waals surface area contributed by atoms with Gasteiger partial charge in [-0.3, -0.25) is 4.72 Å². The molecule has 0 aliphatic carbocycles. The summed E-state index contributed by atoms with van der Waals surface area (Å²) < 4.78 is 26.4. The molecule has 4 nitrogen and oxygen atoms in total. The summed E-state index contributed by atoms with van der Waals surface area (Å²) in [5.74, 6) is 0.0930. The van der Waals surface area contributed by atoms with E-state index in [-0.39, 0.29) is 5.75 Å². The molecule has 0 heterocycles. The van der Waals surface area contributed by atoms with Crippen molar-refractivity contribution >= 4 is 27.5 Å². The summed E-state index contributed by atoms with van der Waals surface area (Å²) in [7, 11) is -3.27. The minimum atomic E-state index is -3.27. The van der Waals surface area contributed by atoms with E-state index < -0.39 is 10.0 Å². The van der Waals surface area contributed by atoms with Crippen LogP contribution in [0.3, 0.4) is 0 Å². The third kappa shape index (κ3) is 5.29. The van der Waals surface area contributed by atoms with Crippen molar-refractivity contribution in [2.45, 2.75) is 18.2 Å². The molecule has 0 saturated carbocycles. The highest BCUT2D eigenvalue weighted by Gasteiger charge is 2.11. The van der Waals surface area contributed by atoms with Crippen LogP contribution in [0.4, 0.5) is 5.69 Å². The second-order valence-electron chi connectivity index (χ2n) is 3.87. The molecule has 0 spiro atoms. The van der Waals surface area contributed by atoms with Gasteiger partial charge >= 0.3 is 0 Å². The lowest BCUT2D eigenvalue weighted by Gasteiger charge is -2.11. The van der Waals surface area contributed by atoms with Crippen molar-refractivity contribution in [3.05, 3.63) is 24.3 Å². The van der Waals surface area contributed by atoms with E-state index in [1.807, 2.05) is 24.5 Å². The molecule has 1 aromatic carbocycles. The van der Waals surface area contributed by atoms with Crippen LogP contribution in [0.2, 0.25) is 0 Å². The van der Waals surface area contributed by atoms with E-state index in [1.54, 1.807) is 6.07 Å². The zero-order chi connectivity index (χ0) is 13.4. The Hall–Kier alpha value is -0.720. The highest BCUT2D eigenvalue weighted by atomic mass is 32.2. The van der Waals surface area contributed by atoms with Crippen LogP contribution < -0.4 is 10.0 Å². The summed E-state index contributed by atoms with van der Waals surface area (Å²) in [4.78, 5) is 0.933. The van der Waals surface area contributed by atoms with Gasteiger partial charge in [0.15, 0.2) is 0 Å². The smallest absolute Gasteiger partial charge is 0.234 e. The van der Waals surface area contributed by atoms with Crippen LogP contribution in [0.1, 0.15) is 13.3 Å². The van der Waals surface area contributed by atoms with E-state index in [0.29, 0.717) is 12.2 Å². The first kappa shape index (κ1) is 15.3. The first-order chi connectivity index (χ1) is 8.59. The standard InChI is InChI=1S/C12H20N2O2S2/c1-3-8-13-9-10-18(15,16)14-11-6-4-5-7-12(11)17-2/h4-7,13-14H,3,8-10H2,1-2H3. The fourth-order valence-corrected chi connectivity index (χ4v) is 3.10. The van der Waals surface area contributed by atoms with E-state index in [0.717, 1.165) is 17.9 Å². The molecule has 102 valence electrons. The van der Waals surface area contributed by atoms with E-state index in [4.69, 9.17) is 0 Å². The third-order valence-corrected chi connectivity index (χ3v) is 4.42. The van der Waals surface area contributed by atoms with E-state index in [1.165, 1.54) is 11.8 Å². The highest BCUT2D eigenvalue weighted by molar-refractivity contribution is 7.99. The van der Waals surface area contributed by atoms with Crippen LogP contribution in [0.5, 0.6) is 0 Å². The van der Waals surface area contributed by atoms with E-state index >= 15 is 0 Å². The normalized spacial score (nSPS) is 11.4. The Balaban J connectivity index is 2.59. The van der Waals surface area contributed by atoms with Gasteiger partial charge in [-0.05, 0) is 31.4 Å². The molecule has 6 heteroatoms. The summed E-state index contributed by atoms with van der Waals surface area (Å²) >= 11 is 1.53. The molecule has 0 aliphatic rings. The summed E-state index contributed by atoms with van der Waals surface area (Å²) in [6, 6.07) is 7.40. The Morgan fingerprint density at radius 3 is 2.61 bits per heavy atom. The number of benzene rings is 1. The van der Waals surface area contributed by atoms with Gasteiger partial charge in [0, 0.05) is 11.4 Å². The highest BCUT2D eigenvalue weighted by Crippen LogP contribution is 2.25. The predicted molar refractivity (Wildman–Crippen MR) is 78.8 cm³/mol. The van der Waals surface area contributed by atoms with Crippen molar-refractivity contribution in [3.8, 4) is 0 Å². The minimum absolute atomic E-state index is 0.0930. The Bertz CT molecular complexity index is 461. The van der Waals surface area contributed by atoms with Crippen LogP contribution >= 0.6 is 11.8 Å². The molecule has 0 amide bonds. The number of thioether (sulfide) groups is 1. The van der Waals surface area contributed by atoms with Gasteiger partial charge in [0.25, 0.3) is 0 Å². The van der Waals surface area contributed by atoms with Crippen LogP contribution in [0, 0.1) is 0 Å². The molecule has 0 saturated heterocycles. The van der Waals surface area contributed by atoms with Crippen LogP contribution in [0.15, 0.2) is 29.2 Å². The summed E-state index contributed by atoms with van der Waals surface area (Å²) in [5, 5.41) is 3.08. The van der Waals surface area contributed by atoms with Gasteiger partial charge < -0.3 is 5.32 Å². The van der Waals surface area contributed by atoms with Crippen molar-refractivity contribution < 1.29 is 8.42 Å². The molecule has 1 aromatic rings. The second kappa shape index (κ2) is 7.66. The molecule has 0 radical (unpaired) electrons. The first-order valence-electron chi connectivity index (χ1n) is 5.93. The number of nitrogens with one attached hydrogen (secondary N) is 2. The SMILES string of the molecule is CCCNCCS(=O)(=O)Nc1ccccc1SC. The Labute approximate surface area is 114 Å². The third-order valence-electron chi connectivity index (χ3n) is 2.35. The fourth-order valence-electron chi connectivity index (χ4n) is 1.46. The molecular formula is C12H20N2O2S2. The monoisotopic (exact) mass is 288 g/mol. The average molecular weight is 288 g/mol. The summed E-state index contributed by atoms with van der Waals surface area (Å²) in [6.07, 6.45) is 2.93. The van der Waals surface area contributed by atoms with Gasteiger partial charge in [-0.1, -0.05) is 19.1 Å². The number of hydrogen-bond donors (Lipinski definition) is 2. The summed E-state index contributed by atoms with van der Waals surface area (Å²) in [6.45, 7) is 3.37. The summed E-state index contributed by atoms with van der Waals surface area (Å²) in [5.41, 5.74) is 0.653. The zero-order valence-electron chi connectivity index (χ0n) is 10.8. The Morgan fingerprint density at radius 1 is 1.22 bits per heavy atom. The topological polar surface area (TPSA) is 58.2 Å². The van der Waals surface area contributed by atoms with Crippen LogP contribution in [0.25, 0.3) is 0 Å². The molecule has 1 rings (SSSR count). The quantitative estimate of drug-likeness (QED) is 0.568. The van der Waals surface area contributed by atoms with Gasteiger partial charge in [-0.15, -0.1) is 11.8 Å². The number of rotatable bonds is 8. The van der Waals surface area contributed by atoms with E-state index in [2.05, 4.69) is 17.0 Å². The lowest BCUT2D eigenvalue weighted by atomic mass is 10.3. The van der Waals surface area contributed by atoms with Crippen molar-refractivity contribution in [3.63, 3.8) is 0 Å². The Kier molecular flexibility index (Phi) is 6.52. The second-order valence-corrected chi connectivity index (χ2v) is 6.56. The molecule has 0 aliphatic heterocycles. The maximum atomic E-state index is 11.9. The van der Waals surface area contributed by atoms with Crippen LogP contribution in [-0.2, 0) is 10.0 Å². The van der Waals surface area contributed by atoms with E-state index in [9.17, 15) is 8.42 Å². The maximum Gasteiger partial charge on any atom is 0.234 e. The number of sulfonamides is 1. The van der Waals surface area contributed by atoms with Crippen molar-refractivity contribution in [1.82, 2.24) is 5.32 Å². The Morgan fingerprint density at radius 2 is 1.94 bits per heavy atom. The average Bonchev–Trinajstić information content (AvgIpc) is 2.35. The van der Waals surface area contributed by atoms with Crippen LogP contribution in [-0.4, -0.2) is 33.5 Å². The predicted octanol–water partition coefficient (Wildman–Crippen LogP) is 2.15. The fraction of sp³-hybridized carbons (Fsp3) is 0.500. The first-order valence-corrected chi connectivity index (χ1v) is 8.81. The molecule has 0 fully saturated rings. The number of anilines is 1. The minimum Gasteiger partial charge on any atom is -0.316 e. The van der Waals surface area contributed by atoms with Gasteiger partial charge in [0.1, 0.15) is 0 Å². The molecular weight excluding hydrogens is 268 g/mol. The number of hydrogen-bond acceptors (Lipinski definition) is 4. The lowest BCUT2D eigenvalue weighted by molar-refractivity contribution is 0.595. The van der Waals surface area contributed by atoms with Gasteiger partial charge in [-0.2, -0.15) is 0 Å². The number of para-hydroxylation sites is 1. The molecule has 2 N–H and O–H groups in total. The van der Waals surface area contributed by atoms with Gasteiger partial charge in [0.2, 0.25) is 10.0 Å². The lowest BCUT2D eigenvalue weighted by Crippen LogP contribution is -2.27. The van der Waals surface area contributed by atoms with Crippen molar-refractivity contribution in [2.75, 3.05) is 29.8 Å². The molecule has 0 aromatic heterocycles. The van der Waals surface area contributed by atoms with Crippen molar-refractivity contribution in [1.29, 1.82) is 0 Å². The largest absolute Gasteiger partial charge is 0.316 e. The van der Waals surface area contributed by atoms with Gasteiger partial charge in [0.05, 0.1) is 11.4 Å². The molecule has 0 unspecified atom stereocenters. The van der Waals surface area contributed by atoms with Gasteiger partial charge in [-0.25, -0.2) is 8.42 Å². The molecule has 0 atom stereocenters. The molecule has 18 heavy (non-hydrogen) atoms. The van der Waals surface area contributed by atoms with Crippen molar-refractivity contribution in [2.24, 2.45) is 0 Å². The molecule has 0 bridgehead atoms. The zero-order valence-corrected chi connectivity index (χ0v) is 12.4. The maximum absolute atomic E-state index is 11.9.